The van der Waals surface area contributed by atoms with Crippen LogP contribution in [-0.4, -0.2) is 18.1 Å². The number of thiophene rings is 1. The summed E-state index contributed by atoms with van der Waals surface area (Å²) in [6.45, 7) is 2.98. The molecule has 0 bridgehead atoms. The first-order valence-electron chi connectivity index (χ1n) is 7.14. The van der Waals surface area contributed by atoms with Crippen LogP contribution in [0.15, 0.2) is 35.7 Å². The first kappa shape index (κ1) is 13.7. The predicted molar refractivity (Wildman–Crippen MR) is 82.0 cm³/mol. The second-order valence-corrected chi connectivity index (χ2v) is 6.12. The van der Waals surface area contributed by atoms with Gasteiger partial charge in [0, 0.05) is 30.1 Å². The van der Waals surface area contributed by atoms with Crippen LogP contribution >= 0.6 is 11.3 Å². The summed E-state index contributed by atoms with van der Waals surface area (Å²) in [6.07, 6.45) is 3.85. The summed E-state index contributed by atoms with van der Waals surface area (Å²) in [7, 11) is 0. The van der Waals surface area contributed by atoms with Crippen LogP contribution in [0, 0.1) is 5.82 Å². The van der Waals surface area contributed by atoms with Gasteiger partial charge in [0.15, 0.2) is 0 Å². The van der Waals surface area contributed by atoms with Crippen molar-refractivity contribution < 1.29 is 4.39 Å². The van der Waals surface area contributed by atoms with Crippen molar-refractivity contribution in [1.82, 2.24) is 10.4 Å². The van der Waals surface area contributed by atoms with Gasteiger partial charge in [-0.1, -0.05) is 18.6 Å². The van der Waals surface area contributed by atoms with Crippen LogP contribution in [0.3, 0.4) is 0 Å². The molecule has 1 aromatic carbocycles. The van der Waals surface area contributed by atoms with Gasteiger partial charge < -0.3 is 0 Å². The number of hydrogen-bond acceptors (Lipinski definition) is 3. The molecule has 4 heteroatoms. The summed E-state index contributed by atoms with van der Waals surface area (Å²) in [5.41, 5.74) is 5.28. The molecule has 1 aromatic heterocycles. The fourth-order valence-electron chi connectivity index (χ4n) is 2.56. The van der Waals surface area contributed by atoms with Crippen LogP contribution in [0.2, 0.25) is 0 Å². The summed E-state index contributed by atoms with van der Waals surface area (Å²) < 4.78 is 13.9. The second kappa shape index (κ2) is 6.48. The molecule has 2 heterocycles. The number of rotatable bonds is 4. The van der Waals surface area contributed by atoms with Crippen molar-refractivity contribution in [2.45, 2.75) is 25.8 Å². The van der Waals surface area contributed by atoms with Crippen LogP contribution in [0.1, 0.15) is 24.8 Å². The van der Waals surface area contributed by atoms with Gasteiger partial charge in [-0.25, -0.2) is 9.40 Å². The number of piperidine rings is 1. The van der Waals surface area contributed by atoms with E-state index in [0.717, 1.165) is 30.1 Å². The Labute approximate surface area is 123 Å². The second-order valence-electron chi connectivity index (χ2n) is 5.17. The van der Waals surface area contributed by atoms with Crippen LogP contribution in [-0.2, 0) is 6.54 Å². The average Bonchev–Trinajstić information content (AvgIpc) is 3.01. The van der Waals surface area contributed by atoms with Crippen molar-refractivity contribution in [2.24, 2.45) is 0 Å². The van der Waals surface area contributed by atoms with Crippen molar-refractivity contribution in [3.63, 3.8) is 0 Å². The quantitative estimate of drug-likeness (QED) is 0.914. The number of hydrogen-bond donors (Lipinski definition) is 1. The first-order valence-corrected chi connectivity index (χ1v) is 8.02. The Kier molecular flexibility index (Phi) is 4.45. The highest BCUT2D eigenvalue weighted by atomic mass is 32.1. The van der Waals surface area contributed by atoms with Crippen molar-refractivity contribution in [2.75, 3.05) is 13.1 Å². The fourth-order valence-corrected chi connectivity index (χ4v) is 3.30. The zero-order chi connectivity index (χ0) is 13.8. The Balaban J connectivity index is 1.69. The van der Waals surface area contributed by atoms with Gasteiger partial charge >= 0.3 is 0 Å². The van der Waals surface area contributed by atoms with Crippen LogP contribution in [0.4, 0.5) is 4.39 Å². The normalized spacial score (nSPS) is 16.4. The van der Waals surface area contributed by atoms with Crippen LogP contribution < -0.4 is 5.43 Å². The van der Waals surface area contributed by atoms with E-state index in [4.69, 9.17) is 0 Å². The topological polar surface area (TPSA) is 15.3 Å². The zero-order valence-electron chi connectivity index (χ0n) is 11.4. The highest BCUT2D eigenvalue weighted by Gasteiger charge is 2.11. The molecule has 2 nitrogen and oxygen atoms in total. The summed E-state index contributed by atoms with van der Waals surface area (Å²) >= 11 is 1.57. The number of halogens is 1. The maximum atomic E-state index is 13.9. The van der Waals surface area contributed by atoms with Crippen molar-refractivity contribution in [3.8, 4) is 10.4 Å². The SMILES string of the molecule is Fc1ccc(CNN2CCCCC2)cc1-c1cccs1. The maximum absolute atomic E-state index is 13.9. The number of benzene rings is 1. The van der Waals surface area contributed by atoms with Crippen molar-refractivity contribution >= 4 is 11.3 Å². The molecule has 1 N–H and O–H groups in total. The van der Waals surface area contributed by atoms with E-state index in [1.807, 2.05) is 29.6 Å². The minimum Gasteiger partial charge on any atom is -0.251 e. The van der Waals surface area contributed by atoms with E-state index in [1.54, 1.807) is 17.4 Å². The number of hydrazine groups is 1. The van der Waals surface area contributed by atoms with Gasteiger partial charge in [-0.2, -0.15) is 0 Å². The third-order valence-electron chi connectivity index (χ3n) is 3.68. The summed E-state index contributed by atoms with van der Waals surface area (Å²) in [6, 6.07) is 9.31. The molecule has 0 spiro atoms. The van der Waals surface area contributed by atoms with Gasteiger partial charge in [0.05, 0.1) is 0 Å². The molecule has 106 valence electrons. The van der Waals surface area contributed by atoms with Crippen molar-refractivity contribution in [1.29, 1.82) is 0 Å². The van der Waals surface area contributed by atoms with E-state index in [2.05, 4.69) is 10.4 Å². The Morgan fingerprint density at radius 3 is 2.75 bits per heavy atom. The Hall–Kier alpha value is -1.23. The molecule has 0 unspecified atom stereocenters. The highest BCUT2D eigenvalue weighted by Crippen LogP contribution is 2.28. The molecule has 1 saturated heterocycles. The lowest BCUT2D eigenvalue weighted by Gasteiger charge is -2.27. The lowest BCUT2D eigenvalue weighted by atomic mass is 10.1. The third-order valence-corrected chi connectivity index (χ3v) is 4.58. The molecule has 2 aromatic rings. The molecule has 1 aliphatic rings. The smallest absolute Gasteiger partial charge is 0.131 e. The molecule has 0 saturated carbocycles. The molecular weight excluding hydrogens is 271 g/mol. The lowest BCUT2D eigenvalue weighted by molar-refractivity contribution is 0.151. The molecule has 3 rings (SSSR count). The van der Waals surface area contributed by atoms with Gasteiger partial charge in [-0.15, -0.1) is 11.3 Å². The Morgan fingerprint density at radius 1 is 1.15 bits per heavy atom. The van der Waals surface area contributed by atoms with Crippen LogP contribution in [0.25, 0.3) is 10.4 Å². The standard InChI is InChI=1S/C16H19FN2S/c17-15-7-6-13(11-14(15)16-5-4-10-20-16)12-18-19-8-2-1-3-9-19/h4-7,10-11,18H,1-3,8-9,12H2. The van der Waals surface area contributed by atoms with Gasteiger partial charge in [0.2, 0.25) is 0 Å². The van der Waals surface area contributed by atoms with E-state index in [-0.39, 0.29) is 5.82 Å². The minimum atomic E-state index is -0.144. The third kappa shape index (κ3) is 3.26. The van der Waals surface area contributed by atoms with E-state index in [0.29, 0.717) is 5.56 Å². The average molecular weight is 290 g/mol. The lowest BCUT2D eigenvalue weighted by Crippen LogP contribution is -2.41. The fraction of sp³-hybridized carbons (Fsp3) is 0.375. The monoisotopic (exact) mass is 290 g/mol. The largest absolute Gasteiger partial charge is 0.251 e. The number of nitrogens with zero attached hydrogens (tertiary/aromatic N) is 1. The van der Waals surface area contributed by atoms with Gasteiger partial charge in [-0.3, -0.25) is 5.43 Å². The highest BCUT2D eigenvalue weighted by molar-refractivity contribution is 7.13. The molecule has 1 aliphatic heterocycles. The predicted octanol–water partition coefficient (Wildman–Crippen LogP) is 4.04. The van der Waals surface area contributed by atoms with Gasteiger partial charge in [-0.05, 0) is 42.0 Å². The summed E-state index contributed by atoms with van der Waals surface area (Å²) in [4.78, 5) is 0.988. The van der Waals surface area contributed by atoms with Crippen LogP contribution in [0.5, 0.6) is 0 Å². The molecule has 0 amide bonds. The molecule has 0 radical (unpaired) electrons. The minimum absolute atomic E-state index is 0.144. The van der Waals surface area contributed by atoms with E-state index >= 15 is 0 Å². The van der Waals surface area contributed by atoms with Gasteiger partial charge in [0.25, 0.3) is 0 Å². The summed E-state index contributed by atoms with van der Waals surface area (Å²) in [5.74, 6) is -0.144. The molecule has 20 heavy (non-hydrogen) atoms. The van der Waals surface area contributed by atoms with E-state index in [9.17, 15) is 4.39 Å². The van der Waals surface area contributed by atoms with E-state index < -0.39 is 0 Å². The molecule has 0 aliphatic carbocycles. The molecule has 1 fully saturated rings. The molecule has 0 atom stereocenters. The Bertz CT molecular complexity index is 548. The Morgan fingerprint density at radius 2 is 2.00 bits per heavy atom. The number of nitrogens with one attached hydrogen (secondary N) is 1. The van der Waals surface area contributed by atoms with Gasteiger partial charge in [0.1, 0.15) is 5.82 Å². The zero-order valence-corrected chi connectivity index (χ0v) is 12.3. The molecular formula is C16H19FN2S. The summed E-state index contributed by atoms with van der Waals surface area (Å²) in [5, 5.41) is 4.26. The van der Waals surface area contributed by atoms with E-state index in [1.165, 1.54) is 19.3 Å². The first-order chi connectivity index (χ1) is 9.83. The maximum Gasteiger partial charge on any atom is 0.131 e. The van der Waals surface area contributed by atoms with Crippen molar-refractivity contribution in [3.05, 3.63) is 47.1 Å².